The molecule has 1 saturated heterocycles. The van der Waals surface area contributed by atoms with E-state index < -0.39 is 54.4 Å². The largest absolute Gasteiger partial charge is 0.396 e. The number of aryl methyl sites for hydroxylation is 1. The van der Waals surface area contributed by atoms with Gasteiger partial charge in [-0.1, -0.05) is 5.21 Å². The minimum absolute atomic E-state index is 0.125. The minimum Gasteiger partial charge on any atom is -0.396 e. The Labute approximate surface area is 222 Å². The zero-order valence-electron chi connectivity index (χ0n) is 20.3. The van der Waals surface area contributed by atoms with E-state index in [0.29, 0.717) is 5.69 Å². The molecule has 0 amide bonds. The van der Waals surface area contributed by atoms with Gasteiger partial charge in [-0.05, 0) is 37.3 Å². The van der Waals surface area contributed by atoms with Crippen molar-refractivity contribution in [2.75, 3.05) is 12.3 Å². The first-order chi connectivity index (χ1) is 18.7. The Morgan fingerprint density at radius 3 is 2.74 bits per heavy atom. The van der Waals surface area contributed by atoms with Gasteiger partial charge in [0.15, 0.2) is 17.5 Å². The Kier molecular flexibility index (Phi) is 6.31. The number of rotatable bonds is 5. The highest BCUT2D eigenvalue weighted by Crippen LogP contribution is 2.38. The third-order valence-corrected chi connectivity index (χ3v) is 7.55. The lowest BCUT2D eigenvalue weighted by Crippen LogP contribution is -2.53. The lowest BCUT2D eigenvalue weighted by atomic mass is 9.92. The average molecular weight is 557 g/mol. The maximum atomic E-state index is 13.9. The molecule has 1 fully saturated rings. The number of nitrogen functional groups attached to an aromatic ring is 1. The summed E-state index contributed by atoms with van der Waals surface area (Å²) >= 11 is 1.52. The van der Waals surface area contributed by atoms with E-state index in [-0.39, 0.29) is 17.1 Å². The van der Waals surface area contributed by atoms with Crippen LogP contribution in [0.15, 0.2) is 42.9 Å². The zero-order valence-corrected chi connectivity index (χ0v) is 21.1. The van der Waals surface area contributed by atoms with E-state index in [9.17, 15) is 24.1 Å². The monoisotopic (exact) mass is 556 g/mol. The van der Waals surface area contributed by atoms with Gasteiger partial charge in [0, 0.05) is 5.56 Å². The summed E-state index contributed by atoms with van der Waals surface area (Å²) in [5, 5.41) is 45.5. The Morgan fingerprint density at radius 2 is 1.97 bits per heavy atom. The van der Waals surface area contributed by atoms with Crippen molar-refractivity contribution in [1.29, 1.82) is 0 Å². The molecule has 2 aromatic carbocycles. The van der Waals surface area contributed by atoms with Gasteiger partial charge < -0.3 is 25.8 Å². The van der Waals surface area contributed by atoms with Crippen LogP contribution in [0.3, 0.4) is 0 Å². The molecule has 5 N–H and O–H groups in total. The van der Waals surface area contributed by atoms with E-state index in [1.807, 2.05) is 25.1 Å². The van der Waals surface area contributed by atoms with Crippen LogP contribution in [0.2, 0.25) is 0 Å². The van der Waals surface area contributed by atoms with Crippen molar-refractivity contribution in [1.82, 2.24) is 34.7 Å². The fourth-order valence-corrected chi connectivity index (χ4v) is 5.60. The average Bonchev–Trinajstić information content (AvgIpc) is 3.66. The predicted octanol–water partition coefficient (Wildman–Crippen LogP) is 1.70. The Balaban J connectivity index is 1.36. The van der Waals surface area contributed by atoms with E-state index >= 15 is 0 Å². The molecule has 5 aromatic rings. The fraction of sp³-hybridized carbons (Fsp3) is 0.292. The van der Waals surface area contributed by atoms with Gasteiger partial charge in [0.05, 0.1) is 39.4 Å². The third-order valence-electron chi connectivity index (χ3n) is 6.61. The van der Waals surface area contributed by atoms with Crippen LogP contribution < -0.4 is 5.73 Å². The van der Waals surface area contributed by atoms with Gasteiger partial charge in [-0.3, -0.25) is 0 Å². The smallest absolute Gasteiger partial charge is 0.181 e. The highest BCUT2D eigenvalue weighted by Gasteiger charge is 2.48. The summed E-state index contributed by atoms with van der Waals surface area (Å²) in [5.41, 5.74) is 6.90. The van der Waals surface area contributed by atoms with Gasteiger partial charge in [0.2, 0.25) is 0 Å². The summed E-state index contributed by atoms with van der Waals surface area (Å²) in [6, 6.07) is 6.51. The van der Waals surface area contributed by atoms with Crippen LogP contribution in [-0.2, 0) is 4.74 Å². The summed E-state index contributed by atoms with van der Waals surface area (Å²) < 4.78 is 37.1. The number of fused-ring (bicyclic) bond motifs is 1. The van der Waals surface area contributed by atoms with Gasteiger partial charge in [0.1, 0.15) is 42.5 Å². The van der Waals surface area contributed by atoms with E-state index in [1.54, 1.807) is 0 Å². The van der Waals surface area contributed by atoms with Crippen LogP contribution in [0.5, 0.6) is 0 Å². The number of thiazole rings is 1. The molecule has 202 valence electrons. The van der Waals surface area contributed by atoms with E-state index in [1.165, 1.54) is 39.3 Å². The third kappa shape index (κ3) is 4.33. The predicted molar refractivity (Wildman–Crippen MR) is 135 cm³/mol. The second kappa shape index (κ2) is 9.69. The number of benzene rings is 2. The molecule has 0 saturated carbocycles. The topological polar surface area (TPSA) is 170 Å². The number of anilines is 1. The van der Waals surface area contributed by atoms with Gasteiger partial charge >= 0.3 is 0 Å². The maximum absolute atomic E-state index is 13.9. The Hall–Kier alpha value is -3.89. The van der Waals surface area contributed by atoms with Crippen molar-refractivity contribution in [3.8, 4) is 16.9 Å². The normalized spacial score (nSPS) is 23.5. The van der Waals surface area contributed by atoms with Gasteiger partial charge in [-0.25, -0.2) is 28.1 Å². The first-order valence-electron chi connectivity index (χ1n) is 11.8. The van der Waals surface area contributed by atoms with Gasteiger partial charge in [-0.15, -0.1) is 16.4 Å². The molecule has 0 aliphatic carbocycles. The van der Waals surface area contributed by atoms with Gasteiger partial charge in [0.25, 0.3) is 0 Å². The van der Waals surface area contributed by atoms with E-state index in [2.05, 4.69) is 25.4 Å². The summed E-state index contributed by atoms with van der Waals surface area (Å²) in [6.45, 7) is 1.34. The van der Waals surface area contributed by atoms with Crippen LogP contribution in [-0.4, -0.2) is 75.0 Å². The first kappa shape index (κ1) is 25.4. The zero-order chi connectivity index (χ0) is 27.4. The van der Waals surface area contributed by atoms with Crippen molar-refractivity contribution in [2.24, 2.45) is 0 Å². The van der Waals surface area contributed by atoms with Crippen LogP contribution in [0.1, 0.15) is 23.0 Å². The van der Waals surface area contributed by atoms with Crippen LogP contribution in [0, 0.1) is 18.6 Å². The molecule has 0 unspecified atom stereocenters. The fourth-order valence-electron chi connectivity index (χ4n) is 4.74. The molecule has 15 heteroatoms. The Bertz CT molecular complexity index is 1650. The number of aromatic nitrogens is 7. The molecular formula is C24H22F2N8O4S. The number of hydrogen-bond donors (Lipinski definition) is 4. The summed E-state index contributed by atoms with van der Waals surface area (Å²) in [4.78, 5) is 8.77. The van der Waals surface area contributed by atoms with Crippen LogP contribution in [0.4, 0.5) is 14.5 Å². The molecule has 1 aliphatic heterocycles. The van der Waals surface area contributed by atoms with Crippen molar-refractivity contribution in [2.45, 2.75) is 37.4 Å². The first-order valence-corrected chi connectivity index (χ1v) is 12.6. The Morgan fingerprint density at radius 1 is 1.15 bits per heavy atom. The molecule has 0 bridgehead atoms. The standard InChI is InChI=1S/C24H22F2N8O4S/c1-10-30-15-3-2-12(6-18(15)39-10)34-24(28-9-29-34)23-22(37)20(21(36)17(8-35)38-23)33-7-16(31-32-33)11-4-13(25)19(26)14(27)5-11/h2-7,9,17,20-23,35-37H,8,27H2,1H3/t17-,20+,21+,22-,23-/m1/s1. The molecule has 5 atom stereocenters. The molecule has 3 aromatic heterocycles. The summed E-state index contributed by atoms with van der Waals surface area (Å²) in [7, 11) is 0. The van der Waals surface area contributed by atoms with Crippen molar-refractivity contribution in [3.05, 3.63) is 65.3 Å². The lowest BCUT2D eigenvalue weighted by molar-refractivity contribution is -0.210. The number of nitrogens with zero attached hydrogens (tertiary/aromatic N) is 7. The molecule has 4 heterocycles. The number of aliphatic hydroxyl groups is 3. The minimum atomic E-state index is -1.43. The molecule has 0 spiro atoms. The number of hydrogen-bond acceptors (Lipinski definition) is 11. The lowest BCUT2D eigenvalue weighted by Gasteiger charge is -2.41. The molecule has 6 rings (SSSR count). The van der Waals surface area contributed by atoms with Crippen LogP contribution >= 0.6 is 11.3 Å². The second-order valence-electron chi connectivity index (χ2n) is 9.11. The number of aliphatic hydroxyl groups excluding tert-OH is 3. The molecule has 39 heavy (non-hydrogen) atoms. The quantitative estimate of drug-likeness (QED) is 0.234. The van der Waals surface area contributed by atoms with E-state index in [4.69, 9.17) is 10.5 Å². The van der Waals surface area contributed by atoms with Crippen LogP contribution in [0.25, 0.3) is 27.2 Å². The number of nitrogens with two attached hydrogens (primary N) is 1. The molecular weight excluding hydrogens is 534 g/mol. The second-order valence-corrected chi connectivity index (χ2v) is 10.3. The highest BCUT2D eigenvalue weighted by atomic mass is 32.1. The number of ether oxygens (including phenoxy) is 1. The summed E-state index contributed by atoms with van der Waals surface area (Å²) in [5.74, 6) is -2.10. The highest BCUT2D eigenvalue weighted by molar-refractivity contribution is 7.18. The van der Waals surface area contributed by atoms with E-state index in [0.717, 1.165) is 21.3 Å². The van der Waals surface area contributed by atoms with Crippen molar-refractivity contribution >= 4 is 27.2 Å². The van der Waals surface area contributed by atoms with Gasteiger partial charge in [-0.2, -0.15) is 5.10 Å². The number of halogens is 2. The molecule has 0 radical (unpaired) electrons. The maximum Gasteiger partial charge on any atom is 0.181 e. The SMILES string of the molecule is Cc1nc2ccc(-n3ncnc3[C@@H]3O[C@H](CO)[C@H](O)[C@H](n4cc(-c5cc(N)c(F)c(F)c5)nn4)[C@H]3O)cc2s1. The molecule has 12 nitrogen and oxygen atoms in total. The van der Waals surface area contributed by atoms with Crippen molar-refractivity contribution in [3.63, 3.8) is 0 Å². The molecule has 1 aliphatic rings. The summed E-state index contributed by atoms with van der Waals surface area (Å²) in [6.07, 6.45) is -2.42. The van der Waals surface area contributed by atoms with Crippen molar-refractivity contribution < 1.29 is 28.8 Å².